The summed E-state index contributed by atoms with van der Waals surface area (Å²) in [6, 6.07) is 3.67. The Morgan fingerprint density at radius 1 is 1.04 bits per heavy atom. The van der Waals surface area contributed by atoms with Gasteiger partial charge in [0.2, 0.25) is 8.32 Å². The van der Waals surface area contributed by atoms with Crippen LogP contribution in [-0.2, 0) is 8.85 Å². The normalized spacial score (nSPS) is 20.3. The largest absolute Gasteiger partial charge is 0.547 e. The van der Waals surface area contributed by atoms with Gasteiger partial charge in [-0.3, -0.25) is 0 Å². The third-order valence-corrected chi connectivity index (χ3v) is 15.5. The molecule has 0 aromatic carbocycles. The third-order valence-electron chi connectivity index (χ3n) is 6.50. The first-order valence-corrected chi connectivity index (χ1v) is 15.0. The van der Waals surface area contributed by atoms with Gasteiger partial charge in [0.25, 0.3) is 0 Å². The van der Waals surface area contributed by atoms with Crippen LogP contribution in [0.2, 0.25) is 36.3 Å². The number of rotatable bonds is 8. The standard InChI is InChI=1S/C19H40O2Si2/c1-10-23(11-2,12-3)21-18-14-13-17(16(18)4)15-20-22(8,9)19(5,6)7/h17H,10-15H2,1-9H3/t17-/m1/s1. The van der Waals surface area contributed by atoms with Gasteiger partial charge in [0.05, 0.1) is 5.76 Å². The molecule has 0 bridgehead atoms. The number of hydrogen-bond acceptors (Lipinski definition) is 2. The van der Waals surface area contributed by atoms with Gasteiger partial charge in [-0.1, -0.05) is 41.5 Å². The fraction of sp³-hybridized carbons (Fsp3) is 0.895. The van der Waals surface area contributed by atoms with Crippen LogP contribution in [0.15, 0.2) is 11.3 Å². The zero-order valence-corrected chi connectivity index (χ0v) is 19.1. The molecule has 0 aliphatic heterocycles. The first-order valence-electron chi connectivity index (χ1n) is 9.54. The van der Waals surface area contributed by atoms with Crippen LogP contribution in [-0.4, -0.2) is 23.2 Å². The van der Waals surface area contributed by atoms with Gasteiger partial charge in [-0.05, 0) is 55.2 Å². The SMILES string of the molecule is CC[Si](CC)(CC)OC1=C(C)[C@@H](CO[Si](C)(C)C(C)(C)C)CC1. The van der Waals surface area contributed by atoms with Gasteiger partial charge in [-0.2, -0.15) is 0 Å². The molecule has 0 saturated heterocycles. The summed E-state index contributed by atoms with van der Waals surface area (Å²) >= 11 is 0. The van der Waals surface area contributed by atoms with Crippen LogP contribution in [0.25, 0.3) is 0 Å². The molecule has 1 aliphatic rings. The second-order valence-corrected chi connectivity index (χ2v) is 18.3. The lowest BCUT2D eigenvalue weighted by Crippen LogP contribution is -2.41. The van der Waals surface area contributed by atoms with Gasteiger partial charge in [0, 0.05) is 18.9 Å². The van der Waals surface area contributed by atoms with Crippen molar-refractivity contribution in [3.8, 4) is 0 Å². The number of hydrogen-bond donors (Lipinski definition) is 0. The van der Waals surface area contributed by atoms with Crippen molar-refractivity contribution >= 4 is 16.6 Å². The minimum absolute atomic E-state index is 0.289. The molecule has 23 heavy (non-hydrogen) atoms. The molecule has 2 nitrogen and oxygen atoms in total. The van der Waals surface area contributed by atoms with Crippen LogP contribution < -0.4 is 0 Å². The average molecular weight is 357 g/mol. The van der Waals surface area contributed by atoms with Crippen LogP contribution in [0.1, 0.15) is 61.3 Å². The maximum Gasteiger partial charge on any atom is 0.250 e. The summed E-state index contributed by atoms with van der Waals surface area (Å²) < 4.78 is 13.1. The van der Waals surface area contributed by atoms with Crippen molar-refractivity contribution < 1.29 is 8.85 Å². The van der Waals surface area contributed by atoms with Crippen LogP contribution in [0.4, 0.5) is 0 Å². The van der Waals surface area contributed by atoms with Crippen molar-refractivity contribution in [2.24, 2.45) is 5.92 Å². The highest BCUT2D eigenvalue weighted by molar-refractivity contribution is 6.74. The Kier molecular flexibility index (Phi) is 7.18. The first kappa shape index (κ1) is 21.0. The Bertz CT molecular complexity index is 409. The van der Waals surface area contributed by atoms with E-state index in [-0.39, 0.29) is 5.04 Å². The summed E-state index contributed by atoms with van der Waals surface area (Å²) in [5.74, 6) is 1.88. The third kappa shape index (κ3) is 4.96. The first-order chi connectivity index (χ1) is 10.5. The Hall–Kier alpha value is -0.0662. The van der Waals surface area contributed by atoms with Gasteiger partial charge in [-0.15, -0.1) is 0 Å². The lowest BCUT2D eigenvalue weighted by Gasteiger charge is -2.37. The van der Waals surface area contributed by atoms with Crippen molar-refractivity contribution in [2.75, 3.05) is 6.61 Å². The molecule has 0 N–H and O–H groups in total. The van der Waals surface area contributed by atoms with Crippen molar-refractivity contribution in [2.45, 2.75) is 97.6 Å². The number of allylic oxidation sites excluding steroid dienone is 1. The van der Waals surface area contributed by atoms with E-state index in [1.807, 2.05) is 0 Å². The zero-order chi connectivity index (χ0) is 17.9. The van der Waals surface area contributed by atoms with Gasteiger partial charge < -0.3 is 8.85 Å². The van der Waals surface area contributed by atoms with E-state index in [0.717, 1.165) is 13.0 Å². The van der Waals surface area contributed by atoms with E-state index in [1.165, 1.54) is 35.9 Å². The highest BCUT2D eigenvalue weighted by Gasteiger charge is 2.39. The van der Waals surface area contributed by atoms with E-state index in [9.17, 15) is 0 Å². The summed E-state index contributed by atoms with van der Waals surface area (Å²) in [6.07, 6.45) is 2.32. The summed E-state index contributed by atoms with van der Waals surface area (Å²) in [7, 11) is -3.18. The monoisotopic (exact) mass is 356 g/mol. The lowest BCUT2D eigenvalue weighted by atomic mass is 10.1. The van der Waals surface area contributed by atoms with E-state index < -0.39 is 16.6 Å². The molecule has 0 unspecified atom stereocenters. The predicted molar refractivity (Wildman–Crippen MR) is 107 cm³/mol. The second-order valence-electron chi connectivity index (χ2n) is 8.76. The van der Waals surface area contributed by atoms with Crippen molar-refractivity contribution in [3.63, 3.8) is 0 Å². The van der Waals surface area contributed by atoms with Crippen molar-refractivity contribution in [1.82, 2.24) is 0 Å². The molecule has 0 fully saturated rings. The molecule has 0 radical (unpaired) electrons. The molecule has 1 atom stereocenters. The van der Waals surface area contributed by atoms with E-state index in [1.54, 1.807) is 0 Å². The molecule has 4 heteroatoms. The minimum Gasteiger partial charge on any atom is -0.547 e. The topological polar surface area (TPSA) is 18.5 Å². The molecule has 0 saturated carbocycles. The maximum absolute atomic E-state index is 6.66. The van der Waals surface area contributed by atoms with E-state index in [4.69, 9.17) is 8.85 Å². The smallest absolute Gasteiger partial charge is 0.250 e. The Balaban J connectivity index is 2.74. The average Bonchev–Trinajstić information content (AvgIpc) is 2.82. The molecule has 1 rings (SSSR count). The molecule has 136 valence electrons. The minimum atomic E-state index is -1.65. The van der Waals surface area contributed by atoms with Crippen LogP contribution >= 0.6 is 0 Å². The van der Waals surface area contributed by atoms with Gasteiger partial charge in [-0.25, -0.2) is 0 Å². The maximum atomic E-state index is 6.66. The molecular weight excluding hydrogens is 316 g/mol. The van der Waals surface area contributed by atoms with Crippen LogP contribution in [0, 0.1) is 5.92 Å². The molecule has 0 spiro atoms. The van der Waals surface area contributed by atoms with Gasteiger partial charge >= 0.3 is 0 Å². The Morgan fingerprint density at radius 2 is 1.57 bits per heavy atom. The van der Waals surface area contributed by atoms with Crippen molar-refractivity contribution in [1.29, 1.82) is 0 Å². The molecule has 1 aliphatic carbocycles. The Morgan fingerprint density at radius 3 is 2.00 bits per heavy atom. The van der Waals surface area contributed by atoms with E-state index >= 15 is 0 Å². The van der Waals surface area contributed by atoms with Crippen molar-refractivity contribution in [3.05, 3.63) is 11.3 Å². The molecular formula is C19H40O2Si2. The predicted octanol–water partition coefficient (Wildman–Crippen LogP) is 6.71. The van der Waals surface area contributed by atoms with Gasteiger partial charge in [0.1, 0.15) is 0 Å². The fourth-order valence-electron chi connectivity index (χ4n) is 3.04. The molecule has 0 amide bonds. The summed E-state index contributed by atoms with van der Waals surface area (Å²) in [5, 5.41) is 0.289. The summed E-state index contributed by atoms with van der Waals surface area (Å²) in [6.45, 7) is 21.7. The highest BCUT2D eigenvalue weighted by Crippen LogP contribution is 2.40. The quantitative estimate of drug-likeness (QED) is 0.450. The van der Waals surface area contributed by atoms with Crippen LogP contribution in [0.5, 0.6) is 0 Å². The second kappa shape index (κ2) is 7.88. The van der Waals surface area contributed by atoms with E-state index in [0.29, 0.717) is 5.92 Å². The highest BCUT2D eigenvalue weighted by atomic mass is 28.4. The molecule has 0 aromatic heterocycles. The van der Waals surface area contributed by atoms with Gasteiger partial charge in [0.15, 0.2) is 8.32 Å². The zero-order valence-electron chi connectivity index (χ0n) is 17.1. The van der Waals surface area contributed by atoms with E-state index in [2.05, 4.69) is 61.6 Å². The molecule has 0 heterocycles. The van der Waals surface area contributed by atoms with Crippen LogP contribution in [0.3, 0.4) is 0 Å². The summed E-state index contributed by atoms with van der Waals surface area (Å²) in [5.41, 5.74) is 1.47. The fourth-order valence-corrected chi connectivity index (χ4v) is 6.81. The lowest BCUT2D eigenvalue weighted by molar-refractivity contribution is 0.245. The Labute approximate surface area is 147 Å². The molecule has 0 aromatic rings. The summed E-state index contributed by atoms with van der Waals surface area (Å²) in [4.78, 5) is 0.